The Labute approximate surface area is 241 Å². The van der Waals surface area contributed by atoms with Crippen LogP contribution in [-0.4, -0.2) is 65.4 Å². The second kappa shape index (κ2) is 12.9. The van der Waals surface area contributed by atoms with Gasteiger partial charge in [0.05, 0.1) is 6.42 Å². The Morgan fingerprint density at radius 2 is 1.78 bits per heavy atom. The second-order valence-corrected chi connectivity index (χ2v) is 12.5. The number of aliphatic carboxylic acids is 1. The minimum absolute atomic E-state index is 0.0272. The van der Waals surface area contributed by atoms with Gasteiger partial charge in [-0.2, -0.15) is 0 Å². The molecular weight excluding hydrogens is 536 g/mol. The molecule has 41 heavy (non-hydrogen) atoms. The van der Waals surface area contributed by atoms with Gasteiger partial charge in [0, 0.05) is 37.6 Å². The summed E-state index contributed by atoms with van der Waals surface area (Å²) in [4.78, 5) is 60.4. The van der Waals surface area contributed by atoms with Gasteiger partial charge in [0.25, 0.3) is 0 Å². The fraction of sp³-hybridized carbons (Fsp3) is 0.862. The molecule has 1 spiro atoms. The van der Waals surface area contributed by atoms with E-state index in [0.717, 1.165) is 19.3 Å². The van der Waals surface area contributed by atoms with E-state index in [1.165, 1.54) is 0 Å². The SMILES string of the molecule is CC[C@H](C)[C@H](NC(=O)CCCNC(=O)CCC(=O)O[C@@H]1O[C@H]2O[C@@]3(C)CC[C@H]4[C@H](C)CC[C@H]([C@@H]1C)[C@]24OO3)C(=O)O. The maximum absolute atomic E-state index is 12.7. The monoisotopic (exact) mass is 582 g/mol. The molecule has 2 bridgehead atoms. The van der Waals surface area contributed by atoms with Gasteiger partial charge < -0.3 is 30.0 Å². The normalized spacial score (nSPS) is 37.2. The molecule has 2 amide bonds. The molecule has 12 nitrogen and oxygen atoms in total. The number of hydrogen-bond acceptors (Lipinski definition) is 9. The van der Waals surface area contributed by atoms with Crippen molar-refractivity contribution in [3.05, 3.63) is 0 Å². The third-order valence-corrected chi connectivity index (χ3v) is 9.60. The molecule has 5 fully saturated rings. The van der Waals surface area contributed by atoms with Gasteiger partial charge in [-0.25, -0.2) is 14.6 Å². The van der Waals surface area contributed by atoms with Crippen LogP contribution in [0.5, 0.6) is 0 Å². The van der Waals surface area contributed by atoms with E-state index >= 15 is 0 Å². The first-order valence-corrected chi connectivity index (χ1v) is 15.1. The first-order chi connectivity index (χ1) is 19.4. The lowest BCUT2D eigenvalue weighted by atomic mass is 9.58. The summed E-state index contributed by atoms with van der Waals surface area (Å²) in [5, 5.41) is 14.5. The highest BCUT2D eigenvalue weighted by Crippen LogP contribution is 2.60. The summed E-state index contributed by atoms with van der Waals surface area (Å²) in [6.07, 6.45) is 2.84. The van der Waals surface area contributed by atoms with E-state index in [1.807, 2.05) is 20.8 Å². The molecule has 232 valence electrons. The van der Waals surface area contributed by atoms with Crippen LogP contribution in [0.2, 0.25) is 0 Å². The quantitative estimate of drug-likeness (QED) is 0.177. The summed E-state index contributed by atoms with van der Waals surface area (Å²) >= 11 is 0. The maximum Gasteiger partial charge on any atom is 0.326 e. The lowest BCUT2D eigenvalue weighted by Gasteiger charge is -2.59. The van der Waals surface area contributed by atoms with Gasteiger partial charge in [0.2, 0.25) is 23.9 Å². The highest BCUT2D eigenvalue weighted by atomic mass is 17.3. The molecule has 1 saturated carbocycles. The van der Waals surface area contributed by atoms with E-state index in [-0.39, 0.29) is 61.3 Å². The van der Waals surface area contributed by atoms with Crippen molar-refractivity contribution in [1.29, 1.82) is 0 Å². The van der Waals surface area contributed by atoms with Crippen LogP contribution < -0.4 is 10.6 Å². The maximum atomic E-state index is 12.7. The van der Waals surface area contributed by atoms with Crippen LogP contribution in [0.4, 0.5) is 0 Å². The van der Waals surface area contributed by atoms with Gasteiger partial charge >= 0.3 is 11.9 Å². The van der Waals surface area contributed by atoms with Gasteiger partial charge in [-0.1, -0.05) is 34.1 Å². The molecule has 5 rings (SSSR count). The van der Waals surface area contributed by atoms with Gasteiger partial charge in [0.15, 0.2) is 11.9 Å². The minimum Gasteiger partial charge on any atom is -0.480 e. The first kappa shape index (κ1) is 31.7. The minimum atomic E-state index is -1.07. The number of carbonyl (C=O) groups is 4. The Morgan fingerprint density at radius 1 is 1.02 bits per heavy atom. The second-order valence-electron chi connectivity index (χ2n) is 12.5. The molecule has 0 unspecified atom stereocenters. The van der Waals surface area contributed by atoms with Crippen LogP contribution in [0.15, 0.2) is 0 Å². The lowest BCUT2D eigenvalue weighted by Crippen LogP contribution is -2.70. The van der Waals surface area contributed by atoms with E-state index in [2.05, 4.69) is 17.6 Å². The fourth-order valence-electron chi connectivity index (χ4n) is 6.90. The van der Waals surface area contributed by atoms with Crippen molar-refractivity contribution in [3.63, 3.8) is 0 Å². The topological polar surface area (TPSA) is 159 Å². The van der Waals surface area contributed by atoms with Gasteiger partial charge in [-0.15, -0.1) is 0 Å². The number of ether oxygens (including phenoxy) is 3. The predicted molar refractivity (Wildman–Crippen MR) is 143 cm³/mol. The van der Waals surface area contributed by atoms with Crippen LogP contribution in [-0.2, 0) is 43.2 Å². The number of amides is 2. The molecule has 0 aromatic heterocycles. The van der Waals surface area contributed by atoms with Gasteiger partial charge in [-0.05, 0) is 50.4 Å². The van der Waals surface area contributed by atoms with E-state index in [1.54, 1.807) is 6.92 Å². The Morgan fingerprint density at radius 3 is 2.49 bits per heavy atom. The van der Waals surface area contributed by atoms with Crippen molar-refractivity contribution >= 4 is 23.8 Å². The van der Waals surface area contributed by atoms with Crippen LogP contribution >= 0.6 is 0 Å². The Bertz CT molecular complexity index is 993. The summed E-state index contributed by atoms with van der Waals surface area (Å²) < 4.78 is 18.3. The molecule has 0 aromatic rings. The van der Waals surface area contributed by atoms with E-state index < -0.39 is 41.9 Å². The number of hydrogen-bond donors (Lipinski definition) is 3. The number of rotatable bonds is 12. The molecule has 1 aliphatic carbocycles. The van der Waals surface area contributed by atoms with Crippen molar-refractivity contribution in [3.8, 4) is 0 Å². The zero-order valence-electron chi connectivity index (χ0n) is 24.8. The Balaban J connectivity index is 1.21. The van der Waals surface area contributed by atoms with E-state index in [0.29, 0.717) is 25.2 Å². The van der Waals surface area contributed by atoms with Gasteiger partial charge in [0.1, 0.15) is 6.04 Å². The first-order valence-electron chi connectivity index (χ1n) is 15.1. The summed E-state index contributed by atoms with van der Waals surface area (Å²) in [5.74, 6) is -2.93. The van der Waals surface area contributed by atoms with Gasteiger partial charge in [-0.3, -0.25) is 14.4 Å². The molecule has 4 aliphatic heterocycles. The van der Waals surface area contributed by atoms with Crippen molar-refractivity contribution in [2.75, 3.05) is 6.54 Å². The third kappa shape index (κ3) is 6.71. The molecule has 5 aliphatic rings. The molecule has 3 N–H and O–H groups in total. The number of carboxylic acid groups (broad SMARTS) is 1. The average Bonchev–Trinajstić information content (AvgIpc) is 3.16. The summed E-state index contributed by atoms with van der Waals surface area (Å²) in [7, 11) is 0. The third-order valence-electron chi connectivity index (χ3n) is 9.60. The summed E-state index contributed by atoms with van der Waals surface area (Å²) in [6.45, 7) is 9.93. The number of esters is 1. The van der Waals surface area contributed by atoms with Crippen LogP contribution in [0, 0.1) is 29.6 Å². The Kier molecular flexibility index (Phi) is 9.98. The van der Waals surface area contributed by atoms with Crippen molar-refractivity contribution in [2.24, 2.45) is 29.6 Å². The van der Waals surface area contributed by atoms with Crippen molar-refractivity contribution in [2.45, 2.75) is 122 Å². The molecular formula is C29H46N2O10. The number of fused-ring (bicyclic) bond motifs is 2. The lowest BCUT2D eigenvalue weighted by molar-refractivity contribution is -0.576. The standard InChI is InChI=1S/C29H46N2O10/c1-6-16(2)24(25(35)36)31-22(33)8-7-15-30-21(32)11-12-23(34)37-26-18(4)20-10-9-17(3)19-13-14-28(5)39-27(38-26)29(19,20)41-40-28/h16-20,24,26-27H,6-15H2,1-5H3,(H,30,32)(H,31,33)(H,35,36)/t16-,17+,18-,19-,20+,24-,26+,27-,28+,29-/m0/s1. The number of nitrogens with one attached hydrogen (secondary N) is 2. The summed E-state index contributed by atoms with van der Waals surface area (Å²) in [6, 6.07) is -0.939. The Hall–Kier alpha value is -2.28. The molecule has 4 saturated heterocycles. The van der Waals surface area contributed by atoms with E-state index in [9.17, 15) is 24.3 Å². The zero-order valence-corrected chi connectivity index (χ0v) is 24.8. The smallest absolute Gasteiger partial charge is 0.326 e. The molecule has 4 heterocycles. The fourth-order valence-corrected chi connectivity index (χ4v) is 6.90. The van der Waals surface area contributed by atoms with Crippen LogP contribution in [0.1, 0.15) is 92.4 Å². The predicted octanol–water partition coefficient (Wildman–Crippen LogP) is 3.03. The van der Waals surface area contributed by atoms with E-state index in [4.69, 9.17) is 24.0 Å². The molecule has 12 heteroatoms. The zero-order chi connectivity index (χ0) is 29.9. The van der Waals surface area contributed by atoms with Crippen LogP contribution in [0.3, 0.4) is 0 Å². The molecule has 0 radical (unpaired) electrons. The average molecular weight is 583 g/mol. The van der Waals surface area contributed by atoms with Crippen LogP contribution in [0.25, 0.3) is 0 Å². The molecule has 0 aromatic carbocycles. The summed E-state index contributed by atoms with van der Waals surface area (Å²) in [5.41, 5.74) is -0.741. The largest absolute Gasteiger partial charge is 0.480 e. The highest BCUT2D eigenvalue weighted by Gasteiger charge is 2.69. The van der Waals surface area contributed by atoms with Crippen molar-refractivity contribution < 1.29 is 48.3 Å². The highest BCUT2D eigenvalue weighted by molar-refractivity contribution is 5.84. The number of carbonyl (C=O) groups excluding carboxylic acids is 3. The van der Waals surface area contributed by atoms with Crippen molar-refractivity contribution in [1.82, 2.24) is 10.6 Å². The number of carboxylic acids is 1. The molecule has 10 atom stereocenters.